The fourth-order valence-corrected chi connectivity index (χ4v) is 1.01. The maximum Gasteiger partial charge on any atom is 0.00982 e. The van der Waals surface area contributed by atoms with Gasteiger partial charge in [-0.3, -0.25) is 0 Å². The van der Waals surface area contributed by atoms with Gasteiger partial charge in [0, 0.05) is 6.42 Å². The van der Waals surface area contributed by atoms with Crippen molar-refractivity contribution >= 4 is 0 Å². The second-order valence-electron chi connectivity index (χ2n) is 2.50. The molecule has 0 aromatic heterocycles. The minimum absolute atomic E-state index is 0.941. The van der Waals surface area contributed by atoms with Crippen molar-refractivity contribution in [3.8, 4) is 12.3 Å². The SMILES string of the molecule is C#CCCCN1CCC1. The van der Waals surface area contributed by atoms with E-state index in [9.17, 15) is 0 Å². The van der Waals surface area contributed by atoms with E-state index in [2.05, 4.69) is 10.8 Å². The van der Waals surface area contributed by atoms with E-state index >= 15 is 0 Å². The Balaban J connectivity index is 1.87. The lowest BCUT2D eigenvalue weighted by molar-refractivity contribution is 0.180. The molecule has 0 aliphatic carbocycles. The van der Waals surface area contributed by atoms with Crippen LogP contribution in [0, 0.1) is 12.3 Å². The van der Waals surface area contributed by atoms with Crippen LogP contribution in [-0.2, 0) is 0 Å². The van der Waals surface area contributed by atoms with Crippen molar-refractivity contribution in [1.29, 1.82) is 0 Å². The molecular formula is C8H13N. The average molecular weight is 123 g/mol. The molecule has 1 aliphatic heterocycles. The fraction of sp³-hybridized carbons (Fsp3) is 0.750. The third-order valence-electron chi connectivity index (χ3n) is 1.74. The summed E-state index contributed by atoms with van der Waals surface area (Å²) in [7, 11) is 0. The molecule has 0 N–H and O–H groups in total. The van der Waals surface area contributed by atoms with Gasteiger partial charge in [-0.2, -0.15) is 0 Å². The highest BCUT2D eigenvalue weighted by molar-refractivity contribution is 4.83. The Labute approximate surface area is 57.0 Å². The average Bonchev–Trinajstić information content (AvgIpc) is 1.76. The molecule has 0 spiro atoms. The Kier molecular flexibility index (Phi) is 2.60. The van der Waals surface area contributed by atoms with Gasteiger partial charge in [-0.1, -0.05) is 0 Å². The monoisotopic (exact) mass is 123 g/mol. The molecule has 1 saturated heterocycles. The highest BCUT2D eigenvalue weighted by atomic mass is 15.2. The zero-order valence-corrected chi connectivity index (χ0v) is 5.77. The summed E-state index contributed by atoms with van der Waals surface area (Å²) >= 11 is 0. The first-order valence-corrected chi connectivity index (χ1v) is 3.59. The van der Waals surface area contributed by atoms with Crippen LogP contribution in [0.5, 0.6) is 0 Å². The van der Waals surface area contributed by atoms with Crippen molar-refractivity contribution in [1.82, 2.24) is 4.90 Å². The van der Waals surface area contributed by atoms with Crippen LogP contribution in [0.25, 0.3) is 0 Å². The van der Waals surface area contributed by atoms with Gasteiger partial charge < -0.3 is 4.90 Å². The minimum Gasteiger partial charge on any atom is -0.303 e. The Morgan fingerprint density at radius 3 is 2.67 bits per heavy atom. The minimum atomic E-state index is 0.941. The number of hydrogen-bond acceptors (Lipinski definition) is 1. The number of nitrogens with zero attached hydrogens (tertiary/aromatic N) is 1. The maximum atomic E-state index is 5.11. The van der Waals surface area contributed by atoms with Crippen LogP contribution in [0.4, 0.5) is 0 Å². The molecule has 1 heterocycles. The third kappa shape index (κ3) is 2.07. The van der Waals surface area contributed by atoms with Crippen LogP contribution in [0.1, 0.15) is 19.3 Å². The second-order valence-corrected chi connectivity index (χ2v) is 2.50. The third-order valence-corrected chi connectivity index (χ3v) is 1.74. The zero-order valence-electron chi connectivity index (χ0n) is 5.77. The molecule has 1 nitrogen and oxygen atoms in total. The molecule has 1 fully saturated rings. The van der Waals surface area contributed by atoms with Crippen LogP contribution >= 0.6 is 0 Å². The quantitative estimate of drug-likeness (QED) is 0.401. The summed E-state index contributed by atoms with van der Waals surface area (Å²) in [5.41, 5.74) is 0. The van der Waals surface area contributed by atoms with Crippen molar-refractivity contribution < 1.29 is 0 Å². The van der Waals surface area contributed by atoms with Gasteiger partial charge in [0.05, 0.1) is 0 Å². The number of likely N-dealkylation sites (tertiary alicyclic amines) is 1. The Morgan fingerprint density at radius 1 is 1.44 bits per heavy atom. The highest BCUT2D eigenvalue weighted by Gasteiger charge is 2.11. The lowest BCUT2D eigenvalue weighted by Crippen LogP contribution is -2.37. The summed E-state index contributed by atoms with van der Waals surface area (Å²) in [4.78, 5) is 2.44. The maximum absolute atomic E-state index is 5.11. The first-order valence-electron chi connectivity index (χ1n) is 3.59. The van der Waals surface area contributed by atoms with Crippen LogP contribution in [0.15, 0.2) is 0 Å². The molecule has 0 atom stereocenters. The molecule has 0 radical (unpaired) electrons. The number of rotatable bonds is 3. The summed E-state index contributed by atoms with van der Waals surface area (Å²) < 4.78 is 0. The number of hydrogen-bond donors (Lipinski definition) is 0. The summed E-state index contributed by atoms with van der Waals surface area (Å²) in [6.07, 6.45) is 8.61. The molecular weight excluding hydrogens is 110 g/mol. The predicted molar refractivity (Wildman–Crippen MR) is 39.1 cm³/mol. The summed E-state index contributed by atoms with van der Waals surface area (Å²) in [6.45, 7) is 3.80. The lowest BCUT2D eigenvalue weighted by atomic mass is 10.2. The van der Waals surface area contributed by atoms with E-state index in [0.717, 1.165) is 6.42 Å². The Bertz CT molecular complexity index is 108. The van der Waals surface area contributed by atoms with Crippen molar-refractivity contribution in [2.24, 2.45) is 0 Å². The van der Waals surface area contributed by atoms with Crippen molar-refractivity contribution in [2.75, 3.05) is 19.6 Å². The molecule has 1 heteroatoms. The van der Waals surface area contributed by atoms with E-state index < -0.39 is 0 Å². The van der Waals surface area contributed by atoms with E-state index in [0.29, 0.717) is 0 Å². The largest absolute Gasteiger partial charge is 0.303 e. The van der Waals surface area contributed by atoms with Gasteiger partial charge in [0.2, 0.25) is 0 Å². The van der Waals surface area contributed by atoms with Gasteiger partial charge in [0.15, 0.2) is 0 Å². The second kappa shape index (κ2) is 3.53. The summed E-state index contributed by atoms with van der Waals surface area (Å²) in [6, 6.07) is 0. The molecule has 0 aromatic rings. The van der Waals surface area contributed by atoms with E-state index in [1.54, 1.807) is 0 Å². The summed E-state index contributed by atoms with van der Waals surface area (Å²) in [5.74, 6) is 2.64. The van der Waals surface area contributed by atoms with Gasteiger partial charge in [0.1, 0.15) is 0 Å². The van der Waals surface area contributed by atoms with Crippen molar-refractivity contribution in [3.63, 3.8) is 0 Å². The highest BCUT2D eigenvalue weighted by Crippen LogP contribution is 2.06. The molecule has 0 aromatic carbocycles. The van der Waals surface area contributed by atoms with Gasteiger partial charge in [-0.05, 0) is 32.5 Å². The first kappa shape index (κ1) is 6.64. The molecule has 9 heavy (non-hydrogen) atoms. The lowest BCUT2D eigenvalue weighted by Gasteiger charge is -2.30. The van der Waals surface area contributed by atoms with Gasteiger partial charge in [0.25, 0.3) is 0 Å². The molecule has 0 unspecified atom stereocenters. The summed E-state index contributed by atoms with van der Waals surface area (Å²) in [5, 5.41) is 0. The molecule has 1 rings (SSSR count). The van der Waals surface area contributed by atoms with Crippen LogP contribution < -0.4 is 0 Å². The fourth-order valence-electron chi connectivity index (χ4n) is 1.01. The molecule has 50 valence electrons. The standard InChI is InChI=1S/C8H13N/c1-2-3-4-6-9-7-5-8-9/h1H,3-8H2. The normalized spacial score (nSPS) is 18.6. The Morgan fingerprint density at radius 2 is 2.22 bits per heavy atom. The van der Waals surface area contributed by atoms with E-state index in [-0.39, 0.29) is 0 Å². The van der Waals surface area contributed by atoms with E-state index in [4.69, 9.17) is 6.42 Å². The van der Waals surface area contributed by atoms with E-state index in [1.807, 2.05) is 0 Å². The molecule has 0 saturated carbocycles. The van der Waals surface area contributed by atoms with Gasteiger partial charge >= 0.3 is 0 Å². The zero-order chi connectivity index (χ0) is 6.53. The van der Waals surface area contributed by atoms with Crippen molar-refractivity contribution in [3.05, 3.63) is 0 Å². The first-order chi connectivity index (χ1) is 4.43. The smallest absolute Gasteiger partial charge is 0.00982 e. The number of terminal acetylenes is 1. The predicted octanol–water partition coefficient (Wildman–Crippen LogP) is 1.11. The van der Waals surface area contributed by atoms with Crippen LogP contribution in [0.2, 0.25) is 0 Å². The Hall–Kier alpha value is -0.480. The van der Waals surface area contributed by atoms with Crippen LogP contribution in [0.3, 0.4) is 0 Å². The van der Waals surface area contributed by atoms with Crippen molar-refractivity contribution in [2.45, 2.75) is 19.3 Å². The molecule has 0 bridgehead atoms. The molecule has 0 amide bonds. The van der Waals surface area contributed by atoms with Gasteiger partial charge in [-0.15, -0.1) is 12.3 Å². The van der Waals surface area contributed by atoms with E-state index in [1.165, 1.54) is 32.5 Å². The van der Waals surface area contributed by atoms with Crippen LogP contribution in [-0.4, -0.2) is 24.5 Å². The molecule has 1 aliphatic rings. The topological polar surface area (TPSA) is 3.24 Å². The number of unbranched alkanes of at least 4 members (excludes halogenated alkanes) is 1. The van der Waals surface area contributed by atoms with Gasteiger partial charge in [-0.25, -0.2) is 0 Å².